The molecule has 27 heavy (non-hydrogen) atoms. The van der Waals surface area contributed by atoms with Crippen LogP contribution in [-0.4, -0.2) is 27.3 Å². The molecule has 0 aliphatic rings. The lowest BCUT2D eigenvalue weighted by Gasteiger charge is -2.24. The minimum Gasteiger partial charge on any atom is -0.434 e. The molecule has 1 aromatic heterocycles. The fourth-order valence-corrected chi connectivity index (χ4v) is 2.97. The molecule has 0 saturated carbocycles. The summed E-state index contributed by atoms with van der Waals surface area (Å²) in [6.45, 7) is 8.86. The lowest BCUT2D eigenvalue weighted by atomic mass is 9.99. The summed E-state index contributed by atoms with van der Waals surface area (Å²) < 4.78 is 14.5. The number of aromatic nitrogens is 2. The lowest BCUT2D eigenvalue weighted by Crippen LogP contribution is -2.30. The Bertz CT molecular complexity index is 787. The molecular weight excluding hydrogens is 366 g/mol. The average Bonchev–Trinajstić information content (AvgIpc) is 3.08. The summed E-state index contributed by atoms with van der Waals surface area (Å²) in [5, 5.41) is 6.80. The predicted molar refractivity (Wildman–Crippen MR) is 104 cm³/mol. The number of hydrogen-bond donors (Lipinski definition) is 1. The van der Waals surface area contributed by atoms with Gasteiger partial charge in [0.2, 0.25) is 5.79 Å². The van der Waals surface area contributed by atoms with Crippen molar-refractivity contribution < 1.29 is 19.1 Å². The van der Waals surface area contributed by atoms with E-state index in [1.165, 1.54) is 12.5 Å². The van der Waals surface area contributed by atoms with Gasteiger partial charge in [0, 0.05) is 26.5 Å². The van der Waals surface area contributed by atoms with Crippen LogP contribution in [0.2, 0.25) is 0 Å². The van der Waals surface area contributed by atoms with Gasteiger partial charge in [-0.1, -0.05) is 30.5 Å². The third-order valence-corrected chi connectivity index (χ3v) is 4.82. The van der Waals surface area contributed by atoms with Gasteiger partial charge >= 0.3 is 5.97 Å². The average molecular weight is 391 g/mol. The van der Waals surface area contributed by atoms with Crippen LogP contribution in [0.15, 0.2) is 24.3 Å². The van der Waals surface area contributed by atoms with Crippen molar-refractivity contribution in [3.8, 4) is 0 Å². The quantitative estimate of drug-likeness (QED) is 0.538. The Kier molecular flexibility index (Phi) is 7.04. The van der Waals surface area contributed by atoms with Crippen molar-refractivity contribution in [1.82, 2.24) is 9.59 Å². The maximum atomic E-state index is 12.6. The van der Waals surface area contributed by atoms with Crippen LogP contribution in [0.5, 0.6) is 0 Å². The lowest BCUT2D eigenvalue weighted by molar-refractivity contribution is -0.218. The Morgan fingerprint density at radius 3 is 2.52 bits per heavy atom. The van der Waals surface area contributed by atoms with E-state index >= 15 is 0 Å². The standard InChI is InChI=1S/C19H25N3O4S/c1-6-12(2)14-7-9-15(10-8-14)20-18(24)17-16(21-22-27-17)11-25-19(4,5)26-13(3)23/h7-10,12H,6,11H2,1-5H3,(H,20,24). The Morgan fingerprint density at radius 2 is 1.93 bits per heavy atom. The molecule has 1 N–H and O–H groups in total. The molecule has 7 nitrogen and oxygen atoms in total. The molecule has 0 spiro atoms. The molecule has 0 aliphatic carbocycles. The number of rotatable bonds is 8. The number of esters is 1. The van der Waals surface area contributed by atoms with Crippen LogP contribution < -0.4 is 5.32 Å². The smallest absolute Gasteiger partial charge is 0.305 e. The van der Waals surface area contributed by atoms with E-state index in [1.54, 1.807) is 13.8 Å². The summed E-state index contributed by atoms with van der Waals surface area (Å²) in [5.74, 6) is -1.39. The molecule has 2 rings (SSSR count). The number of benzene rings is 1. The minimum absolute atomic E-state index is 0.00643. The summed E-state index contributed by atoms with van der Waals surface area (Å²) in [6.07, 6.45) is 1.06. The molecule has 1 unspecified atom stereocenters. The van der Waals surface area contributed by atoms with Crippen LogP contribution in [0.1, 0.15) is 67.9 Å². The van der Waals surface area contributed by atoms with Crippen molar-refractivity contribution in [3.05, 3.63) is 40.4 Å². The molecular formula is C19H25N3O4S. The van der Waals surface area contributed by atoms with E-state index in [0.29, 0.717) is 22.2 Å². The van der Waals surface area contributed by atoms with Gasteiger partial charge in [0.15, 0.2) is 0 Å². The van der Waals surface area contributed by atoms with Gasteiger partial charge in [-0.05, 0) is 41.6 Å². The van der Waals surface area contributed by atoms with Crippen molar-refractivity contribution >= 4 is 29.1 Å². The van der Waals surface area contributed by atoms with E-state index in [0.717, 1.165) is 18.0 Å². The van der Waals surface area contributed by atoms with Crippen molar-refractivity contribution in [2.24, 2.45) is 0 Å². The van der Waals surface area contributed by atoms with Gasteiger partial charge in [-0.15, -0.1) is 5.10 Å². The van der Waals surface area contributed by atoms with Crippen molar-refractivity contribution in [1.29, 1.82) is 0 Å². The fraction of sp³-hybridized carbons (Fsp3) is 0.474. The van der Waals surface area contributed by atoms with E-state index in [-0.39, 0.29) is 12.5 Å². The van der Waals surface area contributed by atoms with Crippen LogP contribution >= 0.6 is 11.5 Å². The van der Waals surface area contributed by atoms with Crippen LogP contribution in [-0.2, 0) is 20.9 Å². The monoisotopic (exact) mass is 391 g/mol. The van der Waals surface area contributed by atoms with Crippen molar-refractivity contribution in [3.63, 3.8) is 0 Å². The topological polar surface area (TPSA) is 90.4 Å². The highest BCUT2D eigenvalue weighted by molar-refractivity contribution is 7.08. The van der Waals surface area contributed by atoms with Crippen LogP contribution in [0.3, 0.4) is 0 Å². The SMILES string of the molecule is CCC(C)c1ccc(NC(=O)c2snnc2COC(C)(C)OC(C)=O)cc1. The van der Waals surface area contributed by atoms with Gasteiger partial charge in [-0.2, -0.15) is 0 Å². The largest absolute Gasteiger partial charge is 0.434 e. The molecule has 8 heteroatoms. The Labute approximate surface area is 163 Å². The molecule has 0 bridgehead atoms. The second kappa shape index (κ2) is 9.05. The van der Waals surface area contributed by atoms with Crippen molar-refractivity contribution in [2.75, 3.05) is 5.32 Å². The van der Waals surface area contributed by atoms with Crippen LogP contribution in [0.25, 0.3) is 0 Å². The summed E-state index contributed by atoms with van der Waals surface area (Å²) in [7, 11) is 0. The molecule has 146 valence electrons. The molecule has 0 radical (unpaired) electrons. The molecule has 0 saturated heterocycles. The molecule has 1 atom stereocenters. The number of nitrogens with zero attached hydrogens (tertiary/aromatic N) is 2. The highest BCUT2D eigenvalue weighted by atomic mass is 32.1. The normalized spacial score (nSPS) is 12.5. The van der Waals surface area contributed by atoms with E-state index < -0.39 is 11.8 Å². The third-order valence-electron chi connectivity index (χ3n) is 4.06. The van der Waals surface area contributed by atoms with E-state index in [4.69, 9.17) is 9.47 Å². The summed E-state index contributed by atoms with van der Waals surface area (Å²) in [4.78, 5) is 24.0. The molecule has 0 aliphatic heterocycles. The second-order valence-corrected chi connectivity index (χ2v) is 7.47. The first-order valence-electron chi connectivity index (χ1n) is 8.78. The summed E-state index contributed by atoms with van der Waals surface area (Å²) in [5.41, 5.74) is 2.33. The van der Waals surface area contributed by atoms with Gasteiger partial charge in [0.1, 0.15) is 10.6 Å². The highest BCUT2D eigenvalue weighted by Gasteiger charge is 2.24. The Morgan fingerprint density at radius 1 is 1.26 bits per heavy atom. The fourth-order valence-electron chi connectivity index (χ4n) is 2.41. The number of hydrogen-bond acceptors (Lipinski definition) is 7. The van der Waals surface area contributed by atoms with Gasteiger partial charge in [-0.3, -0.25) is 9.59 Å². The third kappa shape index (κ3) is 6.11. The number of ether oxygens (including phenoxy) is 2. The van der Waals surface area contributed by atoms with Gasteiger partial charge in [-0.25, -0.2) is 0 Å². The molecule has 0 fully saturated rings. The van der Waals surface area contributed by atoms with E-state index in [9.17, 15) is 9.59 Å². The maximum absolute atomic E-state index is 12.6. The number of anilines is 1. The molecule has 1 heterocycles. The molecule has 1 amide bonds. The first-order chi connectivity index (χ1) is 12.7. The van der Waals surface area contributed by atoms with E-state index in [1.807, 2.05) is 24.3 Å². The van der Waals surface area contributed by atoms with Crippen molar-refractivity contribution in [2.45, 2.75) is 59.4 Å². The van der Waals surface area contributed by atoms with Gasteiger partial charge in [0.05, 0.1) is 6.61 Å². The number of carbonyl (C=O) groups excluding carboxylic acids is 2. The number of amides is 1. The van der Waals surface area contributed by atoms with Gasteiger partial charge in [0.25, 0.3) is 5.91 Å². The summed E-state index contributed by atoms with van der Waals surface area (Å²) in [6, 6.07) is 7.79. The zero-order valence-corrected chi connectivity index (χ0v) is 17.1. The second-order valence-electron chi connectivity index (χ2n) is 6.72. The van der Waals surface area contributed by atoms with Gasteiger partial charge < -0.3 is 14.8 Å². The predicted octanol–water partition coefficient (Wildman–Crippen LogP) is 4.12. The summed E-state index contributed by atoms with van der Waals surface area (Å²) >= 11 is 0.992. The first kappa shape index (κ1) is 21.0. The highest BCUT2D eigenvalue weighted by Crippen LogP contribution is 2.22. The number of nitrogens with one attached hydrogen (secondary N) is 1. The Hall–Kier alpha value is -2.32. The maximum Gasteiger partial charge on any atom is 0.305 e. The zero-order chi connectivity index (χ0) is 20.0. The zero-order valence-electron chi connectivity index (χ0n) is 16.2. The molecule has 2 aromatic rings. The number of carbonyl (C=O) groups is 2. The Balaban J connectivity index is 2.02. The van der Waals surface area contributed by atoms with Crippen LogP contribution in [0, 0.1) is 0 Å². The van der Waals surface area contributed by atoms with Crippen LogP contribution in [0.4, 0.5) is 5.69 Å². The molecule has 1 aromatic carbocycles. The first-order valence-corrected chi connectivity index (χ1v) is 9.55. The minimum atomic E-state index is -1.12. The van der Waals surface area contributed by atoms with E-state index in [2.05, 4.69) is 28.8 Å².